The van der Waals surface area contributed by atoms with Crippen molar-refractivity contribution in [2.75, 3.05) is 17.7 Å². The lowest BCUT2D eigenvalue weighted by Gasteiger charge is -2.20. The topological polar surface area (TPSA) is 42.1 Å². The summed E-state index contributed by atoms with van der Waals surface area (Å²) >= 11 is 6.09. The molecule has 0 saturated carbocycles. The second kappa shape index (κ2) is 5.06. The van der Waals surface area contributed by atoms with E-state index in [2.05, 4.69) is 9.88 Å². The van der Waals surface area contributed by atoms with Gasteiger partial charge in [-0.3, -0.25) is 4.98 Å². The number of rotatable bonds is 3. The van der Waals surface area contributed by atoms with Gasteiger partial charge in [-0.15, -0.1) is 0 Å². The van der Waals surface area contributed by atoms with Gasteiger partial charge in [-0.2, -0.15) is 0 Å². The van der Waals surface area contributed by atoms with Crippen molar-refractivity contribution in [1.82, 2.24) is 4.98 Å². The molecule has 0 fully saturated rings. The molecule has 1 aromatic carbocycles. The van der Waals surface area contributed by atoms with Gasteiger partial charge in [-0.25, -0.2) is 0 Å². The van der Waals surface area contributed by atoms with Crippen LogP contribution in [0.5, 0.6) is 0 Å². The van der Waals surface area contributed by atoms with E-state index >= 15 is 0 Å². The monoisotopic (exact) mass is 247 g/mol. The molecule has 88 valence electrons. The first-order chi connectivity index (χ1) is 8.16. The molecule has 0 aliphatic heterocycles. The van der Waals surface area contributed by atoms with E-state index in [4.69, 9.17) is 17.3 Å². The highest BCUT2D eigenvalue weighted by Gasteiger charge is 2.06. The first-order valence-electron chi connectivity index (χ1n) is 5.32. The Morgan fingerprint density at radius 3 is 2.59 bits per heavy atom. The van der Waals surface area contributed by atoms with Crippen LogP contribution in [-0.2, 0) is 6.54 Å². The van der Waals surface area contributed by atoms with Crippen molar-refractivity contribution >= 4 is 23.0 Å². The van der Waals surface area contributed by atoms with E-state index in [1.54, 1.807) is 12.4 Å². The van der Waals surface area contributed by atoms with Crippen LogP contribution in [0.25, 0.3) is 0 Å². The minimum atomic E-state index is 0.658. The van der Waals surface area contributed by atoms with Crippen LogP contribution in [0.3, 0.4) is 0 Å². The molecule has 1 heterocycles. The van der Waals surface area contributed by atoms with Gasteiger partial charge in [0, 0.05) is 31.7 Å². The number of halogens is 1. The molecule has 0 bridgehead atoms. The lowest BCUT2D eigenvalue weighted by atomic mass is 10.2. The van der Waals surface area contributed by atoms with Crippen LogP contribution < -0.4 is 10.6 Å². The fourth-order valence-corrected chi connectivity index (χ4v) is 1.92. The van der Waals surface area contributed by atoms with Crippen molar-refractivity contribution < 1.29 is 0 Å². The van der Waals surface area contributed by atoms with Gasteiger partial charge in [0.25, 0.3) is 0 Å². The molecular formula is C13H14ClN3. The fraction of sp³-hybridized carbons (Fsp3) is 0.154. The van der Waals surface area contributed by atoms with Gasteiger partial charge in [0.15, 0.2) is 0 Å². The summed E-state index contributed by atoms with van der Waals surface area (Å²) in [7, 11) is 2.00. The largest absolute Gasteiger partial charge is 0.399 e. The Labute approximate surface area is 106 Å². The highest BCUT2D eigenvalue weighted by molar-refractivity contribution is 6.33. The summed E-state index contributed by atoms with van der Waals surface area (Å²) in [6.45, 7) is 0.782. The molecule has 0 spiro atoms. The fourth-order valence-electron chi connectivity index (χ4n) is 1.66. The van der Waals surface area contributed by atoms with Gasteiger partial charge in [-0.05, 0) is 23.8 Å². The van der Waals surface area contributed by atoms with E-state index in [0.717, 1.165) is 17.9 Å². The van der Waals surface area contributed by atoms with Crippen molar-refractivity contribution in [1.29, 1.82) is 0 Å². The second-order valence-electron chi connectivity index (χ2n) is 3.92. The Hall–Kier alpha value is -1.74. The van der Waals surface area contributed by atoms with Crippen LogP contribution in [-0.4, -0.2) is 12.0 Å². The third-order valence-corrected chi connectivity index (χ3v) is 2.85. The number of nitrogens with zero attached hydrogens (tertiary/aromatic N) is 2. The molecule has 0 atom stereocenters. The van der Waals surface area contributed by atoms with E-state index < -0.39 is 0 Å². The Morgan fingerprint density at radius 2 is 1.94 bits per heavy atom. The molecule has 0 saturated heterocycles. The summed E-state index contributed by atoms with van der Waals surface area (Å²) in [4.78, 5) is 6.05. The molecule has 2 rings (SSSR count). The summed E-state index contributed by atoms with van der Waals surface area (Å²) in [5.74, 6) is 0. The van der Waals surface area contributed by atoms with Crippen molar-refractivity contribution in [3.8, 4) is 0 Å². The van der Waals surface area contributed by atoms with Crippen LogP contribution in [0, 0.1) is 0 Å². The molecule has 17 heavy (non-hydrogen) atoms. The number of benzene rings is 1. The maximum absolute atomic E-state index is 6.09. The van der Waals surface area contributed by atoms with Gasteiger partial charge in [0.05, 0.1) is 10.7 Å². The Bertz CT molecular complexity index is 496. The molecule has 0 radical (unpaired) electrons. The number of anilines is 2. The molecule has 2 N–H and O–H groups in total. The average molecular weight is 248 g/mol. The Balaban J connectivity index is 2.14. The van der Waals surface area contributed by atoms with Crippen molar-refractivity contribution in [2.45, 2.75) is 6.54 Å². The molecule has 0 aliphatic carbocycles. The number of aromatic nitrogens is 1. The van der Waals surface area contributed by atoms with E-state index in [0.29, 0.717) is 5.02 Å². The standard InChI is InChI=1S/C13H14ClN3/c1-17(13-6-7-16-8-12(13)14)9-10-2-4-11(15)5-3-10/h2-8H,9,15H2,1H3. The van der Waals surface area contributed by atoms with Gasteiger partial charge < -0.3 is 10.6 Å². The van der Waals surface area contributed by atoms with Crippen LogP contribution in [0.15, 0.2) is 42.7 Å². The van der Waals surface area contributed by atoms with Gasteiger partial charge >= 0.3 is 0 Å². The predicted molar refractivity (Wildman–Crippen MR) is 72.2 cm³/mol. The quantitative estimate of drug-likeness (QED) is 0.848. The molecule has 0 unspecified atom stereocenters. The zero-order valence-corrected chi connectivity index (χ0v) is 10.4. The SMILES string of the molecule is CN(Cc1ccc(N)cc1)c1ccncc1Cl. The van der Waals surface area contributed by atoms with E-state index in [9.17, 15) is 0 Å². The lowest BCUT2D eigenvalue weighted by Crippen LogP contribution is -2.16. The van der Waals surface area contributed by atoms with Gasteiger partial charge in [0.2, 0.25) is 0 Å². The maximum Gasteiger partial charge on any atom is 0.0822 e. The molecule has 0 aliphatic rings. The van der Waals surface area contributed by atoms with E-state index in [-0.39, 0.29) is 0 Å². The number of pyridine rings is 1. The van der Waals surface area contributed by atoms with E-state index in [1.165, 1.54) is 5.56 Å². The first kappa shape index (κ1) is 11.7. The first-order valence-corrected chi connectivity index (χ1v) is 5.69. The lowest BCUT2D eigenvalue weighted by molar-refractivity contribution is 0.921. The average Bonchev–Trinajstić information content (AvgIpc) is 2.32. The zero-order valence-electron chi connectivity index (χ0n) is 9.60. The van der Waals surface area contributed by atoms with Crippen molar-refractivity contribution in [2.24, 2.45) is 0 Å². The van der Waals surface area contributed by atoms with Gasteiger partial charge in [-0.1, -0.05) is 23.7 Å². The second-order valence-corrected chi connectivity index (χ2v) is 4.33. The summed E-state index contributed by atoms with van der Waals surface area (Å²) in [5, 5.41) is 0.658. The number of nitrogen functional groups attached to an aromatic ring is 1. The summed E-state index contributed by atoms with van der Waals surface area (Å²) in [6, 6.07) is 9.73. The summed E-state index contributed by atoms with van der Waals surface area (Å²) < 4.78 is 0. The Morgan fingerprint density at radius 1 is 1.24 bits per heavy atom. The molecule has 0 amide bonds. The van der Waals surface area contributed by atoms with Crippen LogP contribution in [0.4, 0.5) is 11.4 Å². The third kappa shape index (κ3) is 2.88. The minimum Gasteiger partial charge on any atom is -0.399 e. The predicted octanol–water partition coefficient (Wildman–Crippen LogP) is 2.95. The summed E-state index contributed by atoms with van der Waals surface area (Å²) in [5.41, 5.74) is 8.59. The molecule has 3 nitrogen and oxygen atoms in total. The number of nitrogens with two attached hydrogens (primary N) is 1. The molecule has 2 aromatic rings. The van der Waals surface area contributed by atoms with Gasteiger partial charge in [0.1, 0.15) is 0 Å². The molecule has 4 heteroatoms. The highest BCUT2D eigenvalue weighted by Crippen LogP contribution is 2.24. The van der Waals surface area contributed by atoms with Crippen molar-refractivity contribution in [3.63, 3.8) is 0 Å². The summed E-state index contributed by atoms with van der Waals surface area (Å²) in [6.07, 6.45) is 3.39. The number of hydrogen-bond acceptors (Lipinski definition) is 3. The molecular weight excluding hydrogens is 234 g/mol. The van der Waals surface area contributed by atoms with Crippen LogP contribution in [0.1, 0.15) is 5.56 Å². The maximum atomic E-state index is 6.09. The molecule has 1 aromatic heterocycles. The van der Waals surface area contributed by atoms with Crippen LogP contribution >= 0.6 is 11.6 Å². The highest BCUT2D eigenvalue weighted by atomic mass is 35.5. The zero-order chi connectivity index (χ0) is 12.3. The van der Waals surface area contributed by atoms with E-state index in [1.807, 2.05) is 37.4 Å². The normalized spacial score (nSPS) is 10.2. The Kier molecular flexibility index (Phi) is 3.49. The minimum absolute atomic E-state index is 0.658. The van der Waals surface area contributed by atoms with Crippen molar-refractivity contribution in [3.05, 3.63) is 53.3 Å². The number of hydrogen-bond donors (Lipinski definition) is 1. The van der Waals surface area contributed by atoms with Crippen LogP contribution in [0.2, 0.25) is 5.02 Å². The smallest absolute Gasteiger partial charge is 0.0822 e. The third-order valence-electron chi connectivity index (χ3n) is 2.56.